The molecule has 2 N–H and O–H groups in total. The average Bonchev–Trinajstić information content (AvgIpc) is 2.66. The molecule has 2 unspecified atom stereocenters. The van der Waals surface area contributed by atoms with Crippen LogP contribution in [0.5, 0.6) is 0 Å². The third kappa shape index (κ3) is 2.69. The number of piperidine rings is 1. The average molecular weight is 211 g/mol. The second kappa shape index (κ2) is 4.94. The topological polar surface area (TPSA) is 44.4 Å². The molecule has 4 nitrogen and oxygen atoms in total. The van der Waals surface area contributed by atoms with Crippen molar-refractivity contribution in [3.05, 3.63) is 0 Å². The largest absolute Gasteiger partial charge is 0.316 e. The van der Waals surface area contributed by atoms with Crippen LogP contribution in [0.15, 0.2) is 0 Å². The van der Waals surface area contributed by atoms with Gasteiger partial charge in [-0.3, -0.25) is 10.2 Å². The Morgan fingerprint density at radius 3 is 2.60 bits per heavy atom. The molecule has 2 saturated heterocycles. The van der Waals surface area contributed by atoms with Crippen molar-refractivity contribution in [3.63, 3.8) is 0 Å². The molecule has 2 aliphatic rings. The number of hydrogen-bond donors (Lipinski definition) is 2. The van der Waals surface area contributed by atoms with Gasteiger partial charge in [0.05, 0.1) is 5.92 Å². The SMILES string of the molecule is CC1CNCC1C(=O)NN1CCCCC1. The lowest BCUT2D eigenvalue weighted by molar-refractivity contribution is -0.130. The number of nitrogens with one attached hydrogen (secondary N) is 2. The number of hydrazine groups is 1. The maximum atomic E-state index is 11.9. The first-order valence-electron chi connectivity index (χ1n) is 6.03. The van der Waals surface area contributed by atoms with Gasteiger partial charge < -0.3 is 5.32 Å². The monoisotopic (exact) mass is 211 g/mol. The van der Waals surface area contributed by atoms with Crippen molar-refractivity contribution in [1.29, 1.82) is 0 Å². The smallest absolute Gasteiger partial charge is 0.238 e. The van der Waals surface area contributed by atoms with E-state index in [1.165, 1.54) is 19.3 Å². The summed E-state index contributed by atoms with van der Waals surface area (Å²) in [5.41, 5.74) is 3.05. The molecule has 0 aliphatic carbocycles. The molecular formula is C11H21N3O. The Morgan fingerprint density at radius 1 is 1.27 bits per heavy atom. The van der Waals surface area contributed by atoms with Gasteiger partial charge in [-0.1, -0.05) is 13.3 Å². The van der Waals surface area contributed by atoms with Gasteiger partial charge in [0, 0.05) is 19.6 Å². The van der Waals surface area contributed by atoms with E-state index in [2.05, 4.69) is 22.7 Å². The van der Waals surface area contributed by atoms with E-state index in [0.29, 0.717) is 5.92 Å². The van der Waals surface area contributed by atoms with Gasteiger partial charge in [-0.2, -0.15) is 0 Å². The minimum absolute atomic E-state index is 0.159. The van der Waals surface area contributed by atoms with Crippen LogP contribution in [-0.4, -0.2) is 37.1 Å². The Hall–Kier alpha value is -0.610. The molecule has 0 bridgehead atoms. The fourth-order valence-corrected chi connectivity index (χ4v) is 2.41. The molecule has 4 heteroatoms. The predicted octanol–water partition coefficient (Wildman–Crippen LogP) is 0.359. The number of carbonyl (C=O) groups excluding carboxylic acids is 1. The highest BCUT2D eigenvalue weighted by atomic mass is 16.2. The molecule has 2 atom stereocenters. The van der Waals surface area contributed by atoms with Crippen LogP contribution in [-0.2, 0) is 4.79 Å². The van der Waals surface area contributed by atoms with Gasteiger partial charge in [0.15, 0.2) is 0 Å². The summed E-state index contributed by atoms with van der Waals surface area (Å²) in [5, 5.41) is 5.34. The Balaban J connectivity index is 1.80. The summed E-state index contributed by atoms with van der Waals surface area (Å²) in [6, 6.07) is 0. The van der Waals surface area contributed by atoms with Crippen molar-refractivity contribution >= 4 is 5.91 Å². The molecular weight excluding hydrogens is 190 g/mol. The summed E-state index contributed by atoms with van der Waals surface area (Å²) >= 11 is 0. The minimum atomic E-state index is 0.159. The van der Waals surface area contributed by atoms with Gasteiger partial charge in [-0.05, 0) is 25.3 Å². The summed E-state index contributed by atoms with van der Waals surface area (Å²) in [7, 11) is 0. The molecule has 2 heterocycles. The third-order valence-corrected chi connectivity index (χ3v) is 3.48. The maximum Gasteiger partial charge on any atom is 0.238 e. The molecule has 0 saturated carbocycles. The lowest BCUT2D eigenvalue weighted by atomic mass is 9.98. The fraction of sp³-hybridized carbons (Fsp3) is 0.909. The van der Waals surface area contributed by atoms with Crippen molar-refractivity contribution in [1.82, 2.24) is 15.8 Å². The molecule has 0 aromatic rings. The molecule has 0 radical (unpaired) electrons. The van der Waals surface area contributed by atoms with Crippen LogP contribution in [0.2, 0.25) is 0 Å². The number of nitrogens with zero attached hydrogens (tertiary/aromatic N) is 1. The highest BCUT2D eigenvalue weighted by Gasteiger charge is 2.30. The van der Waals surface area contributed by atoms with Crippen LogP contribution in [0.1, 0.15) is 26.2 Å². The van der Waals surface area contributed by atoms with Gasteiger partial charge in [0.1, 0.15) is 0 Å². The first-order chi connectivity index (χ1) is 7.27. The highest BCUT2D eigenvalue weighted by molar-refractivity contribution is 5.79. The molecule has 2 fully saturated rings. The number of hydrogen-bond acceptors (Lipinski definition) is 3. The second-order valence-corrected chi connectivity index (χ2v) is 4.77. The van der Waals surface area contributed by atoms with E-state index in [9.17, 15) is 4.79 Å². The van der Waals surface area contributed by atoms with E-state index >= 15 is 0 Å². The van der Waals surface area contributed by atoms with Gasteiger partial charge in [0.2, 0.25) is 5.91 Å². The van der Waals surface area contributed by atoms with E-state index in [1.807, 2.05) is 0 Å². The van der Waals surface area contributed by atoms with Crippen LogP contribution < -0.4 is 10.7 Å². The van der Waals surface area contributed by atoms with Gasteiger partial charge in [-0.25, -0.2) is 5.01 Å². The van der Waals surface area contributed by atoms with Crippen LogP contribution in [0.25, 0.3) is 0 Å². The Labute approximate surface area is 91.4 Å². The van der Waals surface area contributed by atoms with Gasteiger partial charge >= 0.3 is 0 Å². The molecule has 1 amide bonds. The summed E-state index contributed by atoms with van der Waals surface area (Å²) in [6.45, 7) is 5.97. The Morgan fingerprint density at radius 2 is 2.00 bits per heavy atom. The summed E-state index contributed by atoms with van der Waals surface area (Å²) in [4.78, 5) is 11.9. The standard InChI is InChI=1S/C11H21N3O/c1-9-7-12-8-10(9)11(15)13-14-5-3-2-4-6-14/h9-10,12H,2-8H2,1H3,(H,13,15). The lowest BCUT2D eigenvalue weighted by Gasteiger charge is -2.28. The molecule has 0 aromatic heterocycles. The molecule has 15 heavy (non-hydrogen) atoms. The number of carbonyl (C=O) groups is 1. The Bertz CT molecular complexity index is 226. The molecule has 86 valence electrons. The van der Waals surface area contributed by atoms with Gasteiger partial charge in [-0.15, -0.1) is 0 Å². The predicted molar refractivity (Wildman–Crippen MR) is 59.1 cm³/mol. The number of amides is 1. The van der Waals surface area contributed by atoms with Crippen LogP contribution >= 0.6 is 0 Å². The molecule has 0 spiro atoms. The van der Waals surface area contributed by atoms with E-state index in [1.54, 1.807) is 0 Å². The first-order valence-corrected chi connectivity index (χ1v) is 6.03. The maximum absolute atomic E-state index is 11.9. The minimum Gasteiger partial charge on any atom is -0.316 e. The summed E-state index contributed by atoms with van der Waals surface area (Å²) < 4.78 is 0. The fourth-order valence-electron chi connectivity index (χ4n) is 2.41. The Kier molecular flexibility index (Phi) is 3.59. The number of rotatable bonds is 2. The zero-order valence-electron chi connectivity index (χ0n) is 9.46. The lowest BCUT2D eigenvalue weighted by Crippen LogP contribution is -2.48. The normalized spacial score (nSPS) is 32.9. The van der Waals surface area contributed by atoms with E-state index < -0.39 is 0 Å². The molecule has 0 aromatic carbocycles. The second-order valence-electron chi connectivity index (χ2n) is 4.77. The zero-order chi connectivity index (χ0) is 10.7. The van der Waals surface area contributed by atoms with E-state index in [0.717, 1.165) is 26.2 Å². The molecule has 2 aliphatic heterocycles. The first kappa shape index (κ1) is 10.9. The van der Waals surface area contributed by atoms with Crippen molar-refractivity contribution in [2.45, 2.75) is 26.2 Å². The highest BCUT2D eigenvalue weighted by Crippen LogP contribution is 2.16. The van der Waals surface area contributed by atoms with E-state index in [4.69, 9.17) is 0 Å². The van der Waals surface area contributed by atoms with Crippen LogP contribution in [0.3, 0.4) is 0 Å². The van der Waals surface area contributed by atoms with Crippen molar-refractivity contribution in [2.75, 3.05) is 26.2 Å². The van der Waals surface area contributed by atoms with E-state index in [-0.39, 0.29) is 11.8 Å². The van der Waals surface area contributed by atoms with Crippen LogP contribution in [0, 0.1) is 11.8 Å². The van der Waals surface area contributed by atoms with Crippen LogP contribution in [0.4, 0.5) is 0 Å². The third-order valence-electron chi connectivity index (χ3n) is 3.48. The van der Waals surface area contributed by atoms with Crippen molar-refractivity contribution in [3.8, 4) is 0 Å². The van der Waals surface area contributed by atoms with Crippen molar-refractivity contribution < 1.29 is 4.79 Å². The van der Waals surface area contributed by atoms with Crippen molar-refractivity contribution in [2.24, 2.45) is 11.8 Å². The van der Waals surface area contributed by atoms with Gasteiger partial charge in [0.25, 0.3) is 0 Å². The summed E-state index contributed by atoms with van der Waals surface area (Å²) in [5.74, 6) is 0.830. The zero-order valence-corrected chi connectivity index (χ0v) is 9.46. The summed E-state index contributed by atoms with van der Waals surface area (Å²) in [6.07, 6.45) is 3.71. The molecule has 2 rings (SSSR count). The quantitative estimate of drug-likeness (QED) is 0.693.